The van der Waals surface area contributed by atoms with Gasteiger partial charge in [-0.2, -0.15) is 0 Å². The smallest absolute Gasteiger partial charge is 0.234 e. The molecule has 40 heavy (non-hydrogen) atoms. The van der Waals surface area contributed by atoms with E-state index >= 15 is 0 Å². The second kappa shape index (κ2) is 11.7. The van der Waals surface area contributed by atoms with Gasteiger partial charge in [0, 0.05) is 43.8 Å². The van der Waals surface area contributed by atoms with Crippen LogP contribution in [0, 0.1) is 11.8 Å². The van der Waals surface area contributed by atoms with Crippen molar-refractivity contribution in [2.45, 2.75) is 63.8 Å². The van der Waals surface area contributed by atoms with Crippen LogP contribution in [0.15, 0.2) is 60.7 Å². The van der Waals surface area contributed by atoms with Crippen molar-refractivity contribution >= 4 is 28.9 Å². The maximum Gasteiger partial charge on any atom is 0.234 e. The molecule has 0 radical (unpaired) electrons. The predicted molar refractivity (Wildman–Crippen MR) is 168 cm³/mol. The standard InChI is InChI=1S/C34H44N4OS/c1-3-36(4-2)21-22-38-30-16-8-6-14-28(30)31(32(38)39)25-12-10-19-37(20-17-25)33(40)35-24-26-11-5-7-15-29(26)34-18-9-13-27(34)23-34/h5-9,11,14-16,18,25,27,31H,3-4,10,12-13,17,19-24H2,1-2H3,(H,35,40). The minimum atomic E-state index is -0.0357. The van der Waals surface area contributed by atoms with E-state index in [-0.39, 0.29) is 11.3 Å². The van der Waals surface area contributed by atoms with Crippen LogP contribution in [0.25, 0.3) is 0 Å². The third-order valence-electron chi connectivity index (χ3n) is 10.1. The number of allylic oxidation sites excluding steroid dienone is 2. The number of fused-ring (bicyclic) bond motifs is 2. The van der Waals surface area contributed by atoms with Crippen molar-refractivity contribution in [3.8, 4) is 0 Å². The first kappa shape index (κ1) is 27.5. The molecule has 212 valence electrons. The lowest BCUT2D eigenvalue weighted by atomic mass is 9.82. The van der Waals surface area contributed by atoms with E-state index in [1.165, 1.54) is 29.5 Å². The summed E-state index contributed by atoms with van der Waals surface area (Å²) < 4.78 is 0. The van der Waals surface area contributed by atoms with E-state index in [9.17, 15) is 4.79 Å². The van der Waals surface area contributed by atoms with Crippen molar-refractivity contribution < 1.29 is 4.79 Å². The van der Waals surface area contributed by atoms with Crippen molar-refractivity contribution in [1.82, 2.24) is 15.1 Å². The van der Waals surface area contributed by atoms with E-state index in [2.05, 4.69) is 94.5 Å². The number of benzene rings is 2. The molecule has 6 heteroatoms. The third-order valence-corrected chi connectivity index (χ3v) is 10.5. The Morgan fingerprint density at radius 3 is 2.65 bits per heavy atom. The number of likely N-dealkylation sites (N-methyl/N-ethyl adjacent to an activating group) is 1. The molecule has 0 aromatic heterocycles. The zero-order valence-corrected chi connectivity index (χ0v) is 25.0. The lowest BCUT2D eigenvalue weighted by Crippen LogP contribution is -2.40. The number of thiocarbonyl (C=S) groups is 1. The fourth-order valence-electron chi connectivity index (χ4n) is 7.66. The van der Waals surface area contributed by atoms with Crippen molar-refractivity contribution in [3.05, 3.63) is 77.4 Å². The highest BCUT2D eigenvalue weighted by Crippen LogP contribution is 2.61. The minimum absolute atomic E-state index is 0.0357. The van der Waals surface area contributed by atoms with Crippen LogP contribution in [-0.2, 0) is 16.8 Å². The predicted octanol–water partition coefficient (Wildman–Crippen LogP) is 5.85. The molecule has 4 atom stereocenters. The summed E-state index contributed by atoms with van der Waals surface area (Å²) in [6.45, 7) is 10.7. The number of anilines is 1. The Bertz CT molecular complexity index is 1270. The average Bonchev–Trinajstić information content (AvgIpc) is 3.53. The summed E-state index contributed by atoms with van der Waals surface area (Å²) in [7, 11) is 0. The molecule has 2 heterocycles. The molecule has 6 rings (SSSR count). The van der Waals surface area contributed by atoms with Crippen LogP contribution in [0.4, 0.5) is 5.69 Å². The number of carbonyl (C=O) groups is 1. The molecule has 0 spiro atoms. The molecular weight excluding hydrogens is 512 g/mol. The van der Waals surface area contributed by atoms with Gasteiger partial charge in [-0.15, -0.1) is 0 Å². The van der Waals surface area contributed by atoms with Crippen molar-refractivity contribution in [1.29, 1.82) is 0 Å². The highest BCUT2D eigenvalue weighted by atomic mass is 32.1. The van der Waals surface area contributed by atoms with Crippen LogP contribution >= 0.6 is 12.2 Å². The monoisotopic (exact) mass is 556 g/mol. The number of hydrogen-bond acceptors (Lipinski definition) is 3. The second-order valence-corrected chi connectivity index (χ2v) is 12.5. The normalized spacial score (nSPS) is 27.1. The van der Waals surface area contributed by atoms with Gasteiger partial charge in [0.05, 0.1) is 5.92 Å². The summed E-state index contributed by atoms with van der Waals surface area (Å²) in [6, 6.07) is 17.4. The van der Waals surface area contributed by atoms with Crippen molar-refractivity contribution in [2.75, 3.05) is 44.2 Å². The van der Waals surface area contributed by atoms with Crippen LogP contribution in [0.3, 0.4) is 0 Å². The summed E-state index contributed by atoms with van der Waals surface area (Å²) in [4.78, 5) is 20.7. The Hall–Kier alpha value is -2.70. The molecule has 1 N–H and O–H groups in total. The minimum Gasteiger partial charge on any atom is -0.358 e. The van der Waals surface area contributed by atoms with Gasteiger partial charge < -0.3 is 20.0 Å². The third kappa shape index (κ3) is 5.09. The quantitative estimate of drug-likeness (QED) is 0.310. The van der Waals surface area contributed by atoms with Gasteiger partial charge in [0.2, 0.25) is 5.91 Å². The summed E-state index contributed by atoms with van der Waals surface area (Å²) in [5.74, 6) is 1.40. The number of hydrogen-bond donors (Lipinski definition) is 1. The maximum atomic E-state index is 13.9. The molecule has 4 aliphatic rings. The van der Waals surface area contributed by atoms with Gasteiger partial charge in [-0.05, 0) is 92.0 Å². The molecule has 2 fully saturated rings. The van der Waals surface area contributed by atoms with Gasteiger partial charge in [-0.3, -0.25) is 4.79 Å². The SMILES string of the molecule is CCN(CC)CCN1C(=O)C(C2CCCN(C(=S)NCc3ccccc3C34C=CCC3C4)CC2)c2ccccc21. The molecular formula is C34H44N4OS. The molecule has 0 bridgehead atoms. The Labute approximate surface area is 245 Å². The zero-order chi connectivity index (χ0) is 27.7. The van der Waals surface area contributed by atoms with Crippen LogP contribution in [-0.4, -0.2) is 60.1 Å². The first-order valence-electron chi connectivity index (χ1n) is 15.5. The lowest BCUT2D eigenvalue weighted by molar-refractivity contribution is -0.120. The molecule has 2 aromatic carbocycles. The van der Waals surface area contributed by atoms with Gasteiger partial charge in [-0.1, -0.05) is 68.5 Å². The number of rotatable bonds is 9. The van der Waals surface area contributed by atoms with Gasteiger partial charge in [0.15, 0.2) is 5.11 Å². The largest absolute Gasteiger partial charge is 0.358 e. The number of likely N-dealkylation sites (tertiary alicyclic amines) is 1. The van der Waals surface area contributed by atoms with E-state index < -0.39 is 0 Å². The first-order valence-corrected chi connectivity index (χ1v) is 15.9. The first-order chi connectivity index (χ1) is 19.6. The molecule has 1 amide bonds. The van der Waals surface area contributed by atoms with Crippen LogP contribution in [0.5, 0.6) is 0 Å². The van der Waals surface area contributed by atoms with E-state index in [1.807, 2.05) is 0 Å². The maximum absolute atomic E-state index is 13.9. The summed E-state index contributed by atoms with van der Waals surface area (Å²) in [5, 5.41) is 4.45. The van der Waals surface area contributed by atoms with Gasteiger partial charge in [0.1, 0.15) is 0 Å². The Kier molecular flexibility index (Phi) is 8.00. The molecule has 4 unspecified atom stereocenters. The van der Waals surface area contributed by atoms with Crippen molar-refractivity contribution in [3.63, 3.8) is 0 Å². The van der Waals surface area contributed by atoms with E-state index in [1.54, 1.807) is 0 Å². The highest BCUT2D eigenvalue weighted by Gasteiger charge is 2.55. The number of para-hydroxylation sites is 1. The highest BCUT2D eigenvalue weighted by molar-refractivity contribution is 7.80. The second-order valence-electron chi connectivity index (χ2n) is 12.1. The lowest BCUT2D eigenvalue weighted by Gasteiger charge is -2.26. The summed E-state index contributed by atoms with van der Waals surface area (Å²) >= 11 is 5.93. The van der Waals surface area contributed by atoms with Gasteiger partial charge in [-0.25, -0.2) is 0 Å². The Morgan fingerprint density at radius 2 is 1.88 bits per heavy atom. The van der Waals surface area contributed by atoms with E-state index in [4.69, 9.17) is 12.2 Å². The number of carbonyl (C=O) groups excluding carboxylic acids is 1. The fourth-order valence-corrected chi connectivity index (χ4v) is 7.92. The molecule has 1 saturated carbocycles. The molecule has 5 nitrogen and oxygen atoms in total. The van der Waals surface area contributed by atoms with Crippen LogP contribution in [0.1, 0.15) is 68.6 Å². The van der Waals surface area contributed by atoms with Gasteiger partial charge >= 0.3 is 0 Å². The summed E-state index contributed by atoms with van der Waals surface area (Å²) in [5.41, 5.74) is 5.46. The molecule has 2 aromatic rings. The molecule has 1 saturated heterocycles. The number of amides is 1. The Balaban J connectivity index is 1.09. The fraction of sp³-hybridized carbons (Fsp3) is 0.529. The topological polar surface area (TPSA) is 38.8 Å². The van der Waals surface area contributed by atoms with E-state index in [0.29, 0.717) is 11.8 Å². The molecule has 2 aliphatic carbocycles. The van der Waals surface area contributed by atoms with Crippen LogP contribution < -0.4 is 10.2 Å². The molecule has 2 aliphatic heterocycles. The van der Waals surface area contributed by atoms with Crippen LogP contribution in [0.2, 0.25) is 0 Å². The van der Waals surface area contributed by atoms with E-state index in [0.717, 1.165) is 81.8 Å². The number of nitrogens with one attached hydrogen (secondary N) is 1. The van der Waals surface area contributed by atoms with Gasteiger partial charge in [0.25, 0.3) is 0 Å². The number of nitrogens with zero attached hydrogens (tertiary/aromatic N) is 3. The summed E-state index contributed by atoms with van der Waals surface area (Å²) in [6.07, 6.45) is 10.4. The van der Waals surface area contributed by atoms with Crippen molar-refractivity contribution in [2.24, 2.45) is 11.8 Å². The zero-order valence-electron chi connectivity index (χ0n) is 24.1. The Morgan fingerprint density at radius 1 is 1.07 bits per heavy atom. The average molecular weight is 557 g/mol.